The SMILES string of the molecule is CNC(=O)c1cccc(NC(=O)C2CCN(S(=O)(=O)c3cn(C)c(C)n3)CC2)c1. The third-order valence-corrected chi connectivity index (χ3v) is 6.91. The molecule has 0 bridgehead atoms. The average molecular weight is 420 g/mol. The lowest BCUT2D eigenvalue weighted by molar-refractivity contribution is -0.120. The van der Waals surface area contributed by atoms with Crippen molar-refractivity contribution >= 4 is 27.5 Å². The highest BCUT2D eigenvalue weighted by atomic mass is 32.2. The molecule has 0 unspecified atom stereocenters. The average Bonchev–Trinajstić information content (AvgIpc) is 3.07. The van der Waals surface area contributed by atoms with Crippen molar-refractivity contribution in [1.82, 2.24) is 19.2 Å². The molecule has 1 aromatic carbocycles. The van der Waals surface area contributed by atoms with E-state index < -0.39 is 10.0 Å². The summed E-state index contributed by atoms with van der Waals surface area (Å²) in [7, 11) is -0.374. The smallest absolute Gasteiger partial charge is 0.262 e. The first-order valence-corrected chi connectivity index (χ1v) is 10.8. The lowest BCUT2D eigenvalue weighted by Crippen LogP contribution is -2.41. The van der Waals surface area contributed by atoms with E-state index in [1.165, 1.54) is 10.5 Å². The third-order valence-electron chi connectivity index (χ3n) is 5.13. The van der Waals surface area contributed by atoms with E-state index in [-0.39, 0.29) is 35.8 Å². The van der Waals surface area contributed by atoms with Crippen molar-refractivity contribution in [2.24, 2.45) is 13.0 Å². The monoisotopic (exact) mass is 419 g/mol. The lowest BCUT2D eigenvalue weighted by Gasteiger charge is -2.29. The van der Waals surface area contributed by atoms with Gasteiger partial charge in [-0.2, -0.15) is 4.31 Å². The van der Waals surface area contributed by atoms with Crippen molar-refractivity contribution in [3.63, 3.8) is 0 Å². The number of benzene rings is 1. The minimum absolute atomic E-state index is 0.0337. The maximum atomic E-state index is 12.8. The van der Waals surface area contributed by atoms with Crippen LogP contribution in [-0.2, 0) is 21.9 Å². The number of nitrogens with zero attached hydrogens (tertiary/aromatic N) is 3. The second-order valence-corrected chi connectivity index (χ2v) is 8.95. The predicted octanol–water partition coefficient (Wildman–Crippen LogP) is 1.13. The number of aromatic nitrogens is 2. The Morgan fingerprint density at radius 3 is 2.48 bits per heavy atom. The van der Waals surface area contributed by atoms with Crippen LogP contribution in [0.25, 0.3) is 0 Å². The molecule has 156 valence electrons. The van der Waals surface area contributed by atoms with Gasteiger partial charge in [0.2, 0.25) is 5.91 Å². The molecule has 0 atom stereocenters. The number of hydrogen-bond donors (Lipinski definition) is 2. The van der Waals surface area contributed by atoms with Crippen LogP contribution in [-0.4, -0.2) is 54.2 Å². The fourth-order valence-electron chi connectivity index (χ4n) is 3.27. The van der Waals surface area contributed by atoms with Gasteiger partial charge in [0, 0.05) is 50.6 Å². The van der Waals surface area contributed by atoms with Crippen LogP contribution >= 0.6 is 0 Å². The Hall–Kier alpha value is -2.72. The molecule has 1 aromatic heterocycles. The summed E-state index contributed by atoms with van der Waals surface area (Å²) in [4.78, 5) is 28.4. The summed E-state index contributed by atoms with van der Waals surface area (Å²) in [5, 5.41) is 5.40. The molecule has 2 amide bonds. The molecule has 29 heavy (non-hydrogen) atoms. The Morgan fingerprint density at radius 2 is 1.90 bits per heavy atom. The number of amides is 2. The zero-order valence-electron chi connectivity index (χ0n) is 16.7. The number of aryl methyl sites for hydroxylation is 2. The quantitative estimate of drug-likeness (QED) is 0.754. The van der Waals surface area contributed by atoms with Gasteiger partial charge in [0.25, 0.3) is 15.9 Å². The number of hydrogen-bond acceptors (Lipinski definition) is 5. The molecule has 9 nitrogen and oxygen atoms in total. The van der Waals surface area contributed by atoms with E-state index in [4.69, 9.17) is 0 Å². The van der Waals surface area contributed by atoms with Crippen LogP contribution in [0.5, 0.6) is 0 Å². The molecule has 1 fully saturated rings. The Bertz CT molecular complexity index is 1000. The molecule has 0 aliphatic carbocycles. The van der Waals surface area contributed by atoms with Crippen molar-refractivity contribution in [3.05, 3.63) is 41.9 Å². The van der Waals surface area contributed by atoms with Gasteiger partial charge in [-0.1, -0.05) is 6.07 Å². The number of carbonyl (C=O) groups is 2. The summed E-state index contributed by atoms with van der Waals surface area (Å²) in [6.45, 7) is 2.26. The maximum absolute atomic E-state index is 12.8. The van der Waals surface area contributed by atoms with Gasteiger partial charge >= 0.3 is 0 Å². The second-order valence-electron chi connectivity index (χ2n) is 7.06. The summed E-state index contributed by atoms with van der Waals surface area (Å²) in [6, 6.07) is 6.69. The van der Waals surface area contributed by atoms with Crippen molar-refractivity contribution in [1.29, 1.82) is 0 Å². The van der Waals surface area contributed by atoms with E-state index in [1.807, 2.05) is 0 Å². The van der Waals surface area contributed by atoms with Gasteiger partial charge in [-0.05, 0) is 38.0 Å². The van der Waals surface area contributed by atoms with Gasteiger partial charge in [-0.15, -0.1) is 0 Å². The Balaban J connectivity index is 1.62. The fraction of sp³-hybridized carbons (Fsp3) is 0.421. The van der Waals surface area contributed by atoms with Crippen LogP contribution in [0.4, 0.5) is 5.69 Å². The van der Waals surface area contributed by atoms with Crippen LogP contribution in [0.2, 0.25) is 0 Å². The molecule has 1 aliphatic heterocycles. The van der Waals surface area contributed by atoms with E-state index in [0.717, 1.165) is 0 Å². The normalized spacial score (nSPS) is 15.8. The van der Waals surface area contributed by atoms with Gasteiger partial charge in [-0.3, -0.25) is 9.59 Å². The van der Waals surface area contributed by atoms with Crippen LogP contribution in [0, 0.1) is 12.8 Å². The second kappa shape index (κ2) is 8.34. The van der Waals surface area contributed by atoms with Gasteiger partial charge in [-0.25, -0.2) is 13.4 Å². The topological polar surface area (TPSA) is 113 Å². The summed E-state index contributed by atoms with van der Waals surface area (Å²) < 4.78 is 28.6. The van der Waals surface area contributed by atoms with Gasteiger partial charge in [0.1, 0.15) is 5.82 Å². The molecule has 2 N–H and O–H groups in total. The minimum atomic E-state index is -3.66. The summed E-state index contributed by atoms with van der Waals surface area (Å²) in [5.74, 6) is -0.0819. The Labute approximate surface area is 170 Å². The highest BCUT2D eigenvalue weighted by Crippen LogP contribution is 2.24. The zero-order valence-corrected chi connectivity index (χ0v) is 17.5. The van der Waals surface area contributed by atoms with Gasteiger partial charge in [0.05, 0.1) is 0 Å². The molecule has 3 rings (SSSR count). The fourth-order valence-corrected chi connectivity index (χ4v) is 4.76. The van der Waals surface area contributed by atoms with Crippen LogP contribution < -0.4 is 10.6 Å². The number of anilines is 1. The number of piperidine rings is 1. The third kappa shape index (κ3) is 4.48. The first-order valence-electron chi connectivity index (χ1n) is 9.35. The number of sulfonamides is 1. The minimum Gasteiger partial charge on any atom is -0.355 e. The van der Waals surface area contributed by atoms with E-state index in [2.05, 4.69) is 15.6 Å². The van der Waals surface area contributed by atoms with Crippen LogP contribution in [0.15, 0.2) is 35.5 Å². The molecule has 2 aromatic rings. The molecule has 0 radical (unpaired) electrons. The van der Waals surface area contributed by atoms with Crippen molar-refractivity contribution in [2.75, 3.05) is 25.5 Å². The molecular formula is C19H25N5O4S. The molecule has 0 spiro atoms. The zero-order chi connectivity index (χ0) is 21.2. The van der Waals surface area contributed by atoms with E-state index in [1.54, 1.807) is 49.9 Å². The molecular weight excluding hydrogens is 394 g/mol. The standard InChI is InChI=1S/C19H25N5O4S/c1-13-21-17(12-23(13)3)29(27,28)24-9-7-14(8-10-24)19(26)22-16-6-4-5-15(11-16)18(25)20-2/h4-6,11-12,14H,7-10H2,1-3H3,(H,20,25)(H,22,26). The van der Waals surface area contributed by atoms with Crippen LogP contribution in [0.3, 0.4) is 0 Å². The van der Waals surface area contributed by atoms with E-state index >= 15 is 0 Å². The maximum Gasteiger partial charge on any atom is 0.262 e. The largest absolute Gasteiger partial charge is 0.355 e. The summed E-state index contributed by atoms with van der Waals surface area (Å²) >= 11 is 0. The van der Waals surface area contributed by atoms with E-state index in [0.29, 0.717) is 29.9 Å². The molecule has 1 aliphatic rings. The Kier molecular flexibility index (Phi) is 6.04. The number of rotatable bonds is 5. The van der Waals surface area contributed by atoms with Gasteiger partial charge in [0.15, 0.2) is 5.03 Å². The number of carbonyl (C=O) groups excluding carboxylic acids is 2. The molecule has 10 heteroatoms. The number of imidazole rings is 1. The predicted molar refractivity (Wildman–Crippen MR) is 108 cm³/mol. The first-order chi connectivity index (χ1) is 13.7. The van der Waals surface area contributed by atoms with Crippen molar-refractivity contribution in [2.45, 2.75) is 24.8 Å². The first kappa shape index (κ1) is 21.0. The van der Waals surface area contributed by atoms with Gasteiger partial charge < -0.3 is 15.2 Å². The molecule has 1 saturated heterocycles. The van der Waals surface area contributed by atoms with Crippen molar-refractivity contribution in [3.8, 4) is 0 Å². The Morgan fingerprint density at radius 1 is 1.21 bits per heavy atom. The summed E-state index contributed by atoms with van der Waals surface area (Å²) in [6.07, 6.45) is 2.35. The highest BCUT2D eigenvalue weighted by molar-refractivity contribution is 7.89. The van der Waals surface area contributed by atoms with E-state index in [9.17, 15) is 18.0 Å². The highest BCUT2D eigenvalue weighted by Gasteiger charge is 2.33. The molecule has 0 saturated carbocycles. The summed E-state index contributed by atoms with van der Waals surface area (Å²) in [5.41, 5.74) is 0.993. The van der Waals surface area contributed by atoms with Crippen LogP contribution in [0.1, 0.15) is 29.0 Å². The lowest BCUT2D eigenvalue weighted by atomic mass is 9.97. The van der Waals surface area contributed by atoms with Crippen molar-refractivity contribution < 1.29 is 18.0 Å². The number of nitrogens with one attached hydrogen (secondary N) is 2. The molecule has 2 heterocycles.